The second kappa shape index (κ2) is 8.43. The van der Waals surface area contributed by atoms with Crippen molar-refractivity contribution in [1.82, 2.24) is 10.2 Å². The van der Waals surface area contributed by atoms with Crippen LogP contribution in [0.3, 0.4) is 0 Å². The number of likely N-dealkylation sites (N-methyl/N-ethyl adjacent to an activating group) is 1. The first kappa shape index (κ1) is 13.3. The minimum Gasteiger partial charge on any atom is -0.313 e. The molecule has 90 valence electrons. The zero-order valence-electron chi connectivity index (χ0n) is 10.3. The molecule has 0 amide bonds. The number of rotatable bonds is 8. The Morgan fingerprint density at radius 2 is 2.07 bits per heavy atom. The first-order chi connectivity index (χ1) is 7.33. The Balaban J connectivity index is 1.81. The van der Waals surface area contributed by atoms with E-state index in [4.69, 9.17) is 0 Å². The van der Waals surface area contributed by atoms with Crippen molar-refractivity contribution in [2.24, 2.45) is 0 Å². The van der Waals surface area contributed by atoms with Crippen LogP contribution in [0, 0.1) is 0 Å². The molecule has 1 unspecified atom stereocenters. The number of nitrogens with one attached hydrogen (secondary N) is 1. The molecule has 15 heavy (non-hydrogen) atoms. The van der Waals surface area contributed by atoms with Crippen LogP contribution in [-0.2, 0) is 0 Å². The van der Waals surface area contributed by atoms with Gasteiger partial charge in [0, 0.05) is 12.6 Å². The van der Waals surface area contributed by atoms with Crippen LogP contribution in [-0.4, -0.2) is 49.6 Å². The van der Waals surface area contributed by atoms with E-state index in [9.17, 15) is 0 Å². The molecule has 2 nitrogen and oxygen atoms in total. The smallest absolute Gasteiger partial charge is 0.0207 e. The van der Waals surface area contributed by atoms with Crippen LogP contribution in [0.4, 0.5) is 0 Å². The highest BCUT2D eigenvalue weighted by atomic mass is 32.2. The Hall–Kier alpha value is 0.270. The molecule has 3 heteroatoms. The monoisotopic (exact) mass is 230 g/mol. The van der Waals surface area contributed by atoms with Crippen molar-refractivity contribution in [2.45, 2.75) is 38.1 Å². The van der Waals surface area contributed by atoms with Gasteiger partial charge in [-0.15, -0.1) is 0 Å². The fourth-order valence-electron chi connectivity index (χ4n) is 2.13. The van der Waals surface area contributed by atoms with Crippen molar-refractivity contribution in [1.29, 1.82) is 0 Å². The topological polar surface area (TPSA) is 15.3 Å². The molecular weight excluding hydrogens is 204 g/mol. The molecule has 1 atom stereocenters. The number of unbranched alkanes of at least 4 members (excludes halogenated alkanes) is 3. The van der Waals surface area contributed by atoms with Gasteiger partial charge in [0.15, 0.2) is 0 Å². The number of nitrogens with zero attached hydrogens (tertiary/aromatic N) is 1. The van der Waals surface area contributed by atoms with E-state index in [1.807, 2.05) is 11.8 Å². The average Bonchev–Trinajstić information content (AvgIpc) is 2.63. The maximum Gasteiger partial charge on any atom is 0.0207 e. The molecule has 0 radical (unpaired) electrons. The molecule has 0 bridgehead atoms. The second-order valence-electron chi connectivity index (χ2n) is 4.61. The standard InChI is InChI=1S/C12H26N2S/c1-14-9-7-12(11-14)13-8-5-3-4-6-10-15-2/h12-13H,3-11H2,1-2H3. The molecular formula is C12H26N2S. The number of hydrogen-bond donors (Lipinski definition) is 1. The lowest BCUT2D eigenvalue weighted by molar-refractivity contribution is 0.396. The quantitative estimate of drug-likeness (QED) is 0.644. The summed E-state index contributed by atoms with van der Waals surface area (Å²) in [5, 5.41) is 3.66. The number of hydrogen-bond acceptors (Lipinski definition) is 3. The third-order valence-corrected chi connectivity index (χ3v) is 3.80. The molecule has 1 saturated heterocycles. The van der Waals surface area contributed by atoms with Crippen molar-refractivity contribution in [3.8, 4) is 0 Å². The zero-order chi connectivity index (χ0) is 10.9. The Labute approximate surface area is 99.2 Å². The Kier molecular flexibility index (Phi) is 7.49. The molecule has 1 N–H and O–H groups in total. The van der Waals surface area contributed by atoms with Gasteiger partial charge in [-0.05, 0) is 51.4 Å². The van der Waals surface area contributed by atoms with E-state index >= 15 is 0 Å². The van der Waals surface area contributed by atoms with Gasteiger partial charge in [-0.1, -0.05) is 12.8 Å². The van der Waals surface area contributed by atoms with Gasteiger partial charge in [-0.2, -0.15) is 11.8 Å². The van der Waals surface area contributed by atoms with Gasteiger partial charge >= 0.3 is 0 Å². The van der Waals surface area contributed by atoms with Crippen LogP contribution < -0.4 is 5.32 Å². The van der Waals surface area contributed by atoms with Crippen LogP contribution in [0.5, 0.6) is 0 Å². The molecule has 0 spiro atoms. The summed E-state index contributed by atoms with van der Waals surface area (Å²) >= 11 is 1.96. The first-order valence-electron chi connectivity index (χ1n) is 6.24. The average molecular weight is 230 g/mol. The molecule has 1 heterocycles. The van der Waals surface area contributed by atoms with Gasteiger partial charge in [-0.3, -0.25) is 0 Å². The summed E-state index contributed by atoms with van der Waals surface area (Å²) in [6.45, 7) is 3.73. The van der Waals surface area contributed by atoms with Crippen molar-refractivity contribution in [2.75, 3.05) is 38.7 Å². The van der Waals surface area contributed by atoms with Crippen molar-refractivity contribution >= 4 is 11.8 Å². The third kappa shape index (κ3) is 6.44. The second-order valence-corrected chi connectivity index (χ2v) is 5.59. The Morgan fingerprint density at radius 3 is 2.73 bits per heavy atom. The summed E-state index contributed by atoms with van der Waals surface area (Å²) in [5.74, 6) is 1.33. The van der Waals surface area contributed by atoms with Gasteiger partial charge < -0.3 is 10.2 Å². The van der Waals surface area contributed by atoms with Gasteiger partial charge in [0.1, 0.15) is 0 Å². The predicted octanol–water partition coefficient (Wildman–Crippen LogP) is 2.20. The summed E-state index contributed by atoms with van der Waals surface area (Å²) < 4.78 is 0. The summed E-state index contributed by atoms with van der Waals surface area (Å²) in [6, 6.07) is 0.765. The fraction of sp³-hybridized carbons (Fsp3) is 1.00. The van der Waals surface area contributed by atoms with E-state index in [-0.39, 0.29) is 0 Å². The van der Waals surface area contributed by atoms with Crippen molar-refractivity contribution in [3.05, 3.63) is 0 Å². The molecule has 1 rings (SSSR count). The van der Waals surface area contributed by atoms with Crippen LogP contribution in [0.1, 0.15) is 32.1 Å². The van der Waals surface area contributed by atoms with Crippen LogP contribution in [0.25, 0.3) is 0 Å². The molecule has 0 aromatic rings. The van der Waals surface area contributed by atoms with Crippen LogP contribution in [0.15, 0.2) is 0 Å². The highest BCUT2D eigenvalue weighted by Crippen LogP contribution is 2.07. The molecule has 1 fully saturated rings. The van der Waals surface area contributed by atoms with Crippen LogP contribution >= 0.6 is 11.8 Å². The lowest BCUT2D eigenvalue weighted by Gasteiger charge is -2.12. The van der Waals surface area contributed by atoms with E-state index in [1.165, 1.54) is 57.5 Å². The van der Waals surface area contributed by atoms with Gasteiger partial charge in [0.05, 0.1) is 0 Å². The molecule has 0 aliphatic carbocycles. The highest BCUT2D eigenvalue weighted by molar-refractivity contribution is 7.98. The van der Waals surface area contributed by atoms with Gasteiger partial charge in [0.2, 0.25) is 0 Å². The molecule has 1 aliphatic rings. The van der Waals surface area contributed by atoms with Gasteiger partial charge in [0.25, 0.3) is 0 Å². The maximum atomic E-state index is 3.66. The first-order valence-corrected chi connectivity index (χ1v) is 7.63. The third-order valence-electron chi connectivity index (χ3n) is 3.10. The van der Waals surface area contributed by atoms with E-state index in [2.05, 4.69) is 23.5 Å². The zero-order valence-corrected chi connectivity index (χ0v) is 11.1. The lowest BCUT2D eigenvalue weighted by atomic mass is 10.2. The lowest BCUT2D eigenvalue weighted by Crippen LogP contribution is -2.32. The summed E-state index contributed by atoms with van der Waals surface area (Å²) in [4.78, 5) is 2.41. The minimum atomic E-state index is 0.765. The molecule has 0 saturated carbocycles. The van der Waals surface area contributed by atoms with Gasteiger partial charge in [-0.25, -0.2) is 0 Å². The maximum absolute atomic E-state index is 3.66. The number of likely N-dealkylation sites (tertiary alicyclic amines) is 1. The largest absolute Gasteiger partial charge is 0.313 e. The van der Waals surface area contributed by atoms with E-state index < -0.39 is 0 Å². The summed E-state index contributed by atoms with van der Waals surface area (Å²) in [6.07, 6.45) is 9.09. The van der Waals surface area contributed by atoms with E-state index in [0.717, 1.165) is 6.04 Å². The van der Waals surface area contributed by atoms with Crippen molar-refractivity contribution in [3.63, 3.8) is 0 Å². The van der Waals surface area contributed by atoms with E-state index in [0.29, 0.717) is 0 Å². The fourth-order valence-corrected chi connectivity index (χ4v) is 2.63. The molecule has 0 aromatic heterocycles. The SMILES string of the molecule is CSCCCCCCNC1CCN(C)C1. The summed E-state index contributed by atoms with van der Waals surface area (Å²) in [5.41, 5.74) is 0. The molecule has 1 aliphatic heterocycles. The normalized spacial score (nSPS) is 22.4. The van der Waals surface area contributed by atoms with E-state index in [1.54, 1.807) is 0 Å². The number of thioether (sulfide) groups is 1. The highest BCUT2D eigenvalue weighted by Gasteiger charge is 2.17. The minimum absolute atomic E-state index is 0.765. The summed E-state index contributed by atoms with van der Waals surface area (Å²) in [7, 11) is 2.21. The molecule has 0 aromatic carbocycles. The Morgan fingerprint density at radius 1 is 1.27 bits per heavy atom. The van der Waals surface area contributed by atoms with Crippen molar-refractivity contribution < 1.29 is 0 Å². The Bertz CT molecular complexity index is 153. The van der Waals surface area contributed by atoms with Crippen LogP contribution in [0.2, 0.25) is 0 Å². The predicted molar refractivity (Wildman–Crippen MR) is 70.8 cm³/mol.